The molecule has 0 saturated carbocycles. The largest absolute Gasteiger partial charge is 0.381 e. The molecule has 0 radical (unpaired) electrons. The quantitative estimate of drug-likeness (QED) is 0.184. The molecule has 1 saturated heterocycles. The molecule has 0 unspecified atom stereocenters. The number of nitrogens with zero attached hydrogens (tertiary/aromatic N) is 1. The Bertz CT molecular complexity index is 362. The SMILES string of the molecule is CCCCC/C=C\C/C=C\CCCCCCCCOCCCN1CCOCC1. The molecule has 164 valence electrons. The van der Waals surface area contributed by atoms with Crippen molar-refractivity contribution < 1.29 is 9.47 Å². The van der Waals surface area contributed by atoms with Crippen LogP contribution in [0, 0.1) is 0 Å². The van der Waals surface area contributed by atoms with Gasteiger partial charge in [-0.25, -0.2) is 0 Å². The van der Waals surface area contributed by atoms with Crippen LogP contribution in [-0.4, -0.2) is 51.0 Å². The van der Waals surface area contributed by atoms with E-state index in [0.29, 0.717) is 0 Å². The van der Waals surface area contributed by atoms with Gasteiger partial charge in [0.15, 0.2) is 0 Å². The van der Waals surface area contributed by atoms with Gasteiger partial charge in [0.1, 0.15) is 0 Å². The highest BCUT2D eigenvalue weighted by atomic mass is 16.5. The molecule has 0 aromatic rings. The van der Waals surface area contributed by atoms with Crippen LogP contribution in [0.1, 0.15) is 90.4 Å². The topological polar surface area (TPSA) is 21.7 Å². The minimum atomic E-state index is 0.897. The van der Waals surface area contributed by atoms with Crippen LogP contribution in [-0.2, 0) is 9.47 Å². The minimum absolute atomic E-state index is 0.897. The molecular weight excluding hydrogens is 346 g/mol. The lowest BCUT2D eigenvalue weighted by atomic mass is 10.1. The second-order valence-corrected chi connectivity index (χ2v) is 8.00. The van der Waals surface area contributed by atoms with Gasteiger partial charge in [-0.05, 0) is 44.9 Å². The normalized spacial score (nSPS) is 15.9. The van der Waals surface area contributed by atoms with E-state index in [0.717, 1.165) is 58.9 Å². The molecule has 28 heavy (non-hydrogen) atoms. The van der Waals surface area contributed by atoms with Gasteiger partial charge >= 0.3 is 0 Å². The fraction of sp³-hybridized carbons (Fsp3) is 0.840. The van der Waals surface area contributed by atoms with Gasteiger partial charge in [-0.2, -0.15) is 0 Å². The Balaban J connectivity index is 1.71. The van der Waals surface area contributed by atoms with Crippen LogP contribution in [0.25, 0.3) is 0 Å². The first-order valence-electron chi connectivity index (χ1n) is 12.1. The molecule has 0 atom stereocenters. The number of rotatable bonds is 19. The smallest absolute Gasteiger partial charge is 0.0594 e. The number of allylic oxidation sites excluding steroid dienone is 4. The van der Waals surface area contributed by atoms with E-state index in [4.69, 9.17) is 9.47 Å². The molecule has 0 aliphatic carbocycles. The van der Waals surface area contributed by atoms with Gasteiger partial charge in [-0.15, -0.1) is 0 Å². The summed E-state index contributed by atoms with van der Waals surface area (Å²) in [6.07, 6.45) is 26.1. The molecule has 3 nitrogen and oxygen atoms in total. The van der Waals surface area contributed by atoms with Gasteiger partial charge in [0.2, 0.25) is 0 Å². The number of hydrogen-bond acceptors (Lipinski definition) is 3. The molecule has 0 spiro atoms. The number of hydrogen-bond donors (Lipinski definition) is 0. The van der Waals surface area contributed by atoms with Crippen molar-refractivity contribution in [2.45, 2.75) is 90.4 Å². The van der Waals surface area contributed by atoms with E-state index >= 15 is 0 Å². The maximum atomic E-state index is 5.77. The van der Waals surface area contributed by atoms with Crippen LogP contribution in [0.5, 0.6) is 0 Å². The van der Waals surface area contributed by atoms with Crippen LogP contribution in [0.3, 0.4) is 0 Å². The maximum Gasteiger partial charge on any atom is 0.0594 e. The van der Waals surface area contributed by atoms with Crippen molar-refractivity contribution in [1.29, 1.82) is 0 Å². The highest BCUT2D eigenvalue weighted by molar-refractivity contribution is 4.92. The van der Waals surface area contributed by atoms with Crippen molar-refractivity contribution in [3.63, 3.8) is 0 Å². The average molecular weight is 394 g/mol. The predicted octanol–water partition coefficient (Wildman–Crippen LogP) is 6.54. The van der Waals surface area contributed by atoms with Crippen LogP contribution >= 0.6 is 0 Å². The zero-order valence-corrected chi connectivity index (χ0v) is 18.7. The Morgan fingerprint density at radius 2 is 1.32 bits per heavy atom. The van der Waals surface area contributed by atoms with Gasteiger partial charge in [0.05, 0.1) is 13.2 Å². The second kappa shape index (κ2) is 21.1. The van der Waals surface area contributed by atoms with Gasteiger partial charge in [-0.3, -0.25) is 4.90 Å². The number of ether oxygens (including phenoxy) is 2. The Morgan fingerprint density at radius 1 is 0.714 bits per heavy atom. The van der Waals surface area contributed by atoms with E-state index in [2.05, 4.69) is 36.1 Å². The molecule has 1 heterocycles. The van der Waals surface area contributed by atoms with E-state index in [9.17, 15) is 0 Å². The molecule has 1 fully saturated rings. The van der Waals surface area contributed by atoms with Crippen LogP contribution < -0.4 is 0 Å². The average Bonchev–Trinajstić information content (AvgIpc) is 2.73. The third kappa shape index (κ3) is 17.5. The molecule has 1 aliphatic rings. The van der Waals surface area contributed by atoms with E-state index in [1.165, 1.54) is 70.6 Å². The number of morpholine rings is 1. The van der Waals surface area contributed by atoms with E-state index in [1.807, 2.05) is 0 Å². The fourth-order valence-electron chi connectivity index (χ4n) is 3.51. The lowest BCUT2D eigenvalue weighted by molar-refractivity contribution is 0.0318. The second-order valence-electron chi connectivity index (χ2n) is 8.00. The summed E-state index contributed by atoms with van der Waals surface area (Å²) < 4.78 is 11.1. The fourth-order valence-corrected chi connectivity index (χ4v) is 3.51. The molecule has 3 heteroatoms. The lowest BCUT2D eigenvalue weighted by Gasteiger charge is -2.26. The molecular formula is C25H47NO2. The Kier molecular flexibility index (Phi) is 19.1. The summed E-state index contributed by atoms with van der Waals surface area (Å²) in [5, 5.41) is 0. The standard InChI is InChI=1S/C25H47NO2/c1-2-3-4-5-6-7-8-9-10-11-12-13-14-15-16-17-22-27-23-18-19-26-20-24-28-25-21-26/h6-7,9-10H,2-5,8,11-25H2,1H3/b7-6-,10-9-. The maximum absolute atomic E-state index is 5.77. The zero-order valence-electron chi connectivity index (χ0n) is 18.7. The monoisotopic (exact) mass is 393 g/mol. The third-order valence-corrected chi connectivity index (χ3v) is 5.36. The molecule has 0 N–H and O–H groups in total. The molecule has 0 aromatic heterocycles. The summed E-state index contributed by atoms with van der Waals surface area (Å²) >= 11 is 0. The lowest BCUT2D eigenvalue weighted by Crippen LogP contribution is -2.37. The van der Waals surface area contributed by atoms with Gasteiger partial charge in [0, 0.05) is 32.8 Å². The van der Waals surface area contributed by atoms with E-state index in [1.54, 1.807) is 0 Å². The van der Waals surface area contributed by atoms with Gasteiger partial charge in [0.25, 0.3) is 0 Å². The summed E-state index contributed by atoms with van der Waals surface area (Å²) in [6, 6.07) is 0. The third-order valence-electron chi connectivity index (χ3n) is 5.36. The van der Waals surface area contributed by atoms with Crippen molar-refractivity contribution in [2.24, 2.45) is 0 Å². The Morgan fingerprint density at radius 3 is 2.04 bits per heavy atom. The Hall–Kier alpha value is -0.640. The van der Waals surface area contributed by atoms with Crippen molar-refractivity contribution >= 4 is 0 Å². The molecule has 1 aliphatic heterocycles. The molecule has 0 aromatic carbocycles. The van der Waals surface area contributed by atoms with Crippen LogP contribution in [0.15, 0.2) is 24.3 Å². The summed E-state index contributed by atoms with van der Waals surface area (Å²) in [4.78, 5) is 2.48. The summed E-state index contributed by atoms with van der Waals surface area (Å²) in [5.41, 5.74) is 0. The minimum Gasteiger partial charge on any atom is -0.381 e. The van der Waals surface area contributed by atoms with E-state index in [-0.39, 0.29) is 0 Å². The molecule has 0 bridgehead atoms. The summed E-state index contributed by atoms with van der Waals surface area (Å²) in [5.74, 6) is 0. The van der Waals surface area contributed by atoms with Crippen LogP contribution in [0.4, 0.5) is 0 Å². The zero-order chi connectivity index (χ0) is 20.0. The van der Waals surface area contributed by atoms with E-state index < -0.39 is 0 Å². The first kappa shape index (κ1) is 25.4. The highest BCUT2D eigenvalue weighted by Gasteiger charge is 2.08. The molecule has 1 rings (SSSR count). The van der Waals surface area contributed by atoms with Crippen molar-refractivity contribution in [3.8, 4) is 0 Å². The summed E-state index contributed by atoms with van der Waals surface area (Å²) in [6.45, 7) is 9.25. The number of unbranched alkanes of at least 4 members (excludes halogenated alkanes) is 9. The Labute approximate surface area is 175 Å². The van der Waals surface area contributed by atoms with Crippen molar-refractivity contribution in [2.75, 3.05) is 46.1 Å². The van der Waals surface area contributed by atoms with Gasteiger partial charge < -0.3 is 9.47 Å². The first-order valence-corrected chi connectivity index (χ1v) is 12.1. The van der Waals surface area contributed by atoms with Crippen LogP contribution in [0.2, 0.25) is 0 Å². The van der Waals surface area contributed by atoms with Crippen molar-refractivity contribution in [3.05, 3.63) is 24.3 Å². The van der Waals surface area contributed by atoms with Gasteiger partial charge in [-0.1, -0.05) is 69.8 Å². The highest BCUT2D eigenvalue weighted by Crippen LogP contribution is 2.08. The summed E-state index contributed by atoms with van der Waals surface area (Å²) in [7, 11) is 0. The molecule has 0 amide bonds. The predicted molar refractivity (Wildman–Crippen MR) is 122 cm³/mol. The first-order chi connectivity index (χ1) is 13.9. The van der Waals surface area contributed by atoms with Crippen molar-refractivity contribution in [1.82, 2.24) is 4.90 Å².